The summed E-state index contributed by atoms with van der Waals surface area (Å²) in [5.41, 5.74) is 1.96. The average Bonchev–Trinajstić information content (AvgIpc) is 3.07. The van der Waals surface area contributed by atoms with Crippen molar-refractivity contribution in [2.75, 3.05) is 44.7 Å². The molecule has 4 rings (SSSR count). The van der Waals surface area contributed by atoms with Crippen LogP contribution in [-0.2, 0) is 9.59 Å². The van der Waals surface area contributed by atoms with Gasteiger partial charge in [0.15, 0.2) is 0 Å². The zero-order valence-electron chi connectivity index (χ0n) is 15.4. The maximum Gasteiger partial charge on any atom is 0.228 e. The maximum atomic E-state index is 12.7. The molecule has 2 fully saturated rings. The quantitative estimate of drug-likeness (QED) is 0.819. The SMILES string of the molecule is CN1CC(C(=O)N2CCN(c3nccc(-c4ccccc4)n3)CC2)CC1=O. The summed E-state index contributed by atoms with van der Waals surface area (Å²) in [5, 5.41) is 0. The summed E-state index contributed by atoms with van der Waals surface area (Å²) in [6.45, 7) is 3.18. The number of rotatable bonds is 3. The van der Waals surface area contributed by atoms with Gasteiger partial charge in [0, 0.05) is 58.0 Å². The molecule has 0 radical (unpaired) electrons. The molecule has 0 bridgehead atoms. The number of benzene rings is 1. The highest BCUT2D eigenvalue weighted by molar-refractivity contribution is 5.89. The Kier molecular flexibility index (Phi) is 4.75. The molecule has 1 aromatic carbocycles. The van der Waals surface area contributed by atoms with Crippen LogP contribution < -0.4 is 4.90 Å². The standard InChI is InChI=1S/C20H23N5O2/c1-23-14-16(13-18(23)26)19(27)24-9-11-25(12-10-24)20-21-8-7-17(22-20)15-5-3-2-4-6-15/h2-8,16H,9-14H2,1H3. The highest BCUT2D eigenvalue weighted by atomic mass is 16.2. The first-order valence-corrected chi connectivity index (χ1v) is 9.28. The van der Waals surface area contributed by atoms with Crippen LogP contribution in [0.1, 0.15) is 6.42 Å². The van der Waals surface area contributed by atoms with Crippen molar-refractivity contribution in [2.45, 2.75) is 6.42 Å². The number of aromatic nitrogens is 2. The van der Waals surface area contributed by atoms with Gasteiger partial charge in [0.25, 0.3) is 0 Å². The second-order valence-electron chi connectivity index (χ2n) is 7.10. The molecular formula is C20H23N5O2. The predicted octanol–water partition coefficient (Wildman–Crippen LogP) is 1.27. The topological polar surface area (TPSA) is 69.6 Å². The Labute approximate surface area is 158 Å². The van der Waals surface area contributed by atoms with Crippen molar-refractivity contribution in [1.29, 1.82) is 0 Å². The Morgan fingerprint density at radius 3 is 2.48 bits per heavy atom. The van der Waals surface area contributed by atoms with Crippen LogP contribution in [0.15, 0.2) is 42.6 Å². The molecular weight excluding hydrogens is 342 g/mol. The fraction of sp³-hybridized carbons (Fsp3) is 0.400. The van der Waals surface area contributed by atoms with Crippen molar-refractivity contribution >= 4 is 17.8 Å². The number of piperazine rings is 1. The summed E-state index contributed by atoms with van der Waals surface area (Å²) in [5.74, 6) is 0.635. The Hall–Kier alpha value is -2.96. The van der Waals surface area contributed by atoms with Gasteiger partial charge in [-0.2, -0.15) is 0 Å². The molecule has 1 atom stereocenters. The normalized spacial score (nSPS) is 20.3. The van der Waals surface area contributed by atoms with E-state index in [1.165, 1.54) is 0 Å². The van der Waals surface area contributed by atoms with Crippen molar-refractivity contribution in [3.63, 3.8) is 0 Å². The molecule has 27 heavy (non-hydrogen) atoms. The summed E-state index contributed by atoms with van der Waals surface area (Å²) in [6, 6.07) is 11.9. The van der Waals surface area contributed by atoms with Gasteiger partial charge < -0.3 is 14.7 Å². The predicted molar refractivity (Wildman–Crippen MR) is 102 cm³/mol. The van der Waals surface area contributed by atoms with Crippen molar-refractivity contribution in [3.05, 3.63) is 42.6 Å². The first-order chi connectivity index (χ1) is 13.1. The van der Waals surface area contributed by atoms with E-state index in [-0.39, 0.29) is 17.7 Å². The van der Waals surface area contributed by atoms with Crippen molar-refractivity contribution in [1.82, 2.24) is 19.8 Å². The van der Waals surface area contributed by atoms with Crippen molar-refractivity contribution < 1.29 is 9.59 Å². The molecule has 1 unspecified atom stereocenters. The summed E-state index contributed by atoms with van der Waals surface area (Å²) >= 11 is 0. The van der Waals surface area contributed by atoms with Gasteiger partial charge in [0.1, 0.15) is 0 Å². The second kappa shape index (κ2) is 7.34. The van der Waals surface area contributed by atoms with Crippen LogP contribution in [0.3, 0.4) is 0 Å². The molecule has 140 valence electrons. The van der Waals surface area contributed by atoms with Crippen LogP contribution in [0.25, 0.3) is 11.3 Å². The number of carbonyl (C=O) groups is 2. The summed E-state index contributed by atoms with van der Waals surface area (Å²) in [6.07, 6.45) is 2.11. The average molecular weight is 365 g/mol. The van der Waals surface area contributed by atoms with Crippen molar-refractivity contribution in [3.8, 4) is 11.3 Å². The molecule has 0 N–H and O–H groups in total. The number of anilines is 1. The lowest BCUT2D eigenvalue weighted by Gasteiger charge is -2.35. The van der Waals surface area contributed by atoms with Crippen LogP contribution >= 0.6 is 0 Å². The van der Waals surface area contributed by atoms with Crippen LogP contribution in [0.2, 0.25) is 0 Å². The Bertz CT molecular complexity index is 833. The first-order valence-electron chi connectivity index (χ1n) is 9.28. The monoisotopic (exact) mass is 365 g/mol. The van der Waals surface area contributed by atoms with Gasteiger partial charge in [-0.05, 0) is 6.07 Å². The molecule has 2 aliphatic rings. The smallest absolute Gasteiger partial charge is 0.228 e. The number of likely N-dealkylation sites (tertiary alicyclic amines) is 1. The van der Waals surface area contributed by atoms with E-state index in [1.54, 1.807) is 18.1 Å². The third-order valence-electron chi connectivity index (χ3n) is 5.28. The third kappa shape index (κ3) is 3.63. The zero-order chi connectivity index (χ0) is 18.8. The maximum absolute atomic E-state index is 12.7. The Morgan fingerprint density at radius 1 is 1.07 bits per heavy atom. The highest BCUT2D eigenvalue weighted by Crippen LogP contribution is 2.22. The fourth-order valence-corrected chi connectivity index (χ4v) is 3.68. The zero-order valence-corrected chi connectivity index (χ0v) is 15.4. The minimum absolute atomic E-state index is 0.0538. The van der Waals surface area contributed by atoms with Crippen LogP contribution in [-0.4, -0.2) is 71.4 Å². The van der Waals surface area contributed by atoms with E-state index in [0.717, 1.165) is 11.3 Å². The van der Waals surface area contributed by atoms with Crippen LogP contribution in [0.4, 0.5) is 5.95 Å². The molecule has 2 aromatic rings. The lowest BCUT2D eigenvalue weighted by atomic mass is 10.1. The molecule has 1 aromatic heterocycles. The van der Waals surface area contributed by atoms with Crippen LogP contribution in [0.5, 0.6) is 0 Å². The van der Waals surface area contributed by atoms with Gasteiger partial charge in [-0.1, -0.05) is 30.3 Å². The van der Waals surface area contributed by atoms with E-state index in [4.69, 9.17) is 4.98 Å². The Balaban J connectivity index is 1.40. The van der Waals surface area contributed by atoms with Gasteiger partial charge in [0.2, 0.25) is 17.8 Å². The molecule has 0 spiro atoms. The van der Waals surface area contributed by atoms with Crippen molar-refractivity contribution in [2.24, 2.45) is 5.92 Å². The van der Waals surface area contributed by atoms with Gasteiger partial charge in [-0.3, -0.25) is 9.59 Å². The number of carbonyl (C=O) groups excluding carboxylic acids is 2. The summed E-state index contributed by atoms with van der Waals surface area (Å²) < 4.78 is 0. The van der Waals surface area contributed by atoms with Crippen LogP contribution in [0, 0.1) is 5.92 Å². The lowest BCUT2D eigenvalue weighted by molar-refractivity contribution is -0.136. The minimum atomic E-state index is -0.202. The van der Waals surface area contributed by atoms with E-state index in [0.29, 0.717) is 45.1 Å². The van der Waals surface area contributed by atoms with E-state index in [1.807, 2.05) is 41.3 Å². The van der Waals surface area contributed by atoms with Gasteiger partial charge in [0.05, 0.1) is 11.6 Å². The molecule has 2 aliphatic heterocycles. The summed E-state index contributed by atoms with van der Waals surface area (Å²) in [7, 11) is 1.75. The molecule has 0 saturated carbocycles. The number of hydrogen-bond donors (Lipinski definition) is 0. The number of amides is 2. The molecule has 3 heterocycles. The second-order valence-corrected chi connectivity index (χ2v) is 7.10. The minimum Gasteiger partial charge on any atom is -0.345 e. The molecule has 2 amide bonds. The van der Waals surface area contributed by atoms with Gasteiger partial charge in [-0.25, -0.2) is 9.97 Å². The number of nitrogens with zero attached hydrogens (tertiary/aromatic N) is 5. The lowest BCUT2D eigenvalue weighted by Crippen LogP contribution is -2.51. The first kappa shape index (κ1) is 17.5. The molecule has 0 aliphatic carbocycles. The molecule has 7 heteroatoms. The fourth-order valence-electron chi connectivity index (χ4n) is 3.68. The Morgan fingerprint density at radius 2 is 1.81 bits per heavy atom. The number of hydrogen-bond acceptors (Lipinski definition) is 5. The van der Waals surface area contributed by atoms with E-state index in [2.05, 4.69) is 9.88 Å². The molecule has 2 saturated heterocycles. The van der Waals surface area contributed by atoms with Gasteiger partial charge >= 0.3 is 0 Å². The third-order valence-corrected chi connectivity index (χ3v) is 5.28. The summed E-state index contributed by atoms with van der Waals surface area (Å²) in [4.78, 5) is 39.1. The van der Waals surface area contributed by atoms with E-state index >= 15 is 0 Å². The van der Waals surface area contributed by atoms with E-state index < -0.39 is 0 Å². The van der Waals surface area contributed by atoms with Gasteiger partial charge in [-0.15, -0.1) is 0 Å². The van der Waals surface area contributed by atoms with E-state index in [9.17, 15) is 9.59 Å². The largest absolute Gasteiger partial charge is 0.345 e. The highest BCUT2D eigenvalue weighted by Gasteiger charge is 2.35. The molecule has 7 nitrogen and oxygen atoms in total.